The van der Waals surface area contributed by atoms with Crippen LogP contribution < -0.4 is 5.73 Å². The van der Waals surface area contributed by atoms with E-state index in [2.05, 4.69) is 0 Å². The van der Waals surface area contributed by atoms with Crippen molar-refractivity contribution in [3.63, 3.8) is 0 Å². The molecule has 2 aromatic carbocycles. The first-order valence-corrected chi connectivity index (χ1v) is 10.0. The third-order valence-corrected chi connectivity index (χ3v) is 4.70. The summed E-state index contributed by atoms with van der Waals surface area (Å²) in [5.74, 6) is -0.655. The van der Waals surface area contributed by atoms with Gasteiger partial charge in [0, 0.05) is 0 Å². The van der Waals surface area contributed by atoms with Gasteiger partial charge in [0.25, 0.3) is 0 Å². The van der Waals surface area contributed by atoms with Crippen molar-refractivity contribution in [2.45, 2.75) is 58.4 Å². The molecular formula is C24H32N2O4. The molecule has 0 aliphatic carbocycles. The number of rotatable bonds is 8. The van der Waals surface area contributed by atoms with Gasteiger partial charge in [0.05, 0.1) is 18.8 Å². The zero-order valence-electron chi connectivity index (χ0n) is 18.4. The molecule has 0 saturated carbocycles. The fourth-order valence-corrected chi connectivity index (χ4v) is 3.19. The summed E-state index contributed by atoms with van der Waals surface area (Å²) < 4.78 is 11.4. The number of carbonyl (C=O) groups is 2. The lowest BCUT2D eigenvalue weighted by molar-refractivity contribution is -0.129. The van der Waals surface area contributed by atoms with Crippen LogP contribution in [0.2, 0.25) is 0 Å². The summed E-state index contributed by atoms with van der Waals surface area (Å²) >= 11 is 0. The van der Waals surface area contributed by atoms with Crippen molar-refractivity contribution in [3.05, 3.63) is 71.8 Å². The lowest BCUT2D eigenvalue weighted by Gasteiger charge is -2.43. The number of nitrogens with two attached hydrogens (primary N) is 1. The highest BCUT2D eigenvalue weighted by molar-refractivity contribution is 5.85. The number of ether oxygens (including phenoxy) is 2. The first kappa shape index (κ1) is 23.4. The minimum atomic E-state index is -1.00. The summed E-state index contributed by atoms with van der Waals surface area (Å²) in [6.45, 7) is 9.33. The maximum absolute atomic E-state index is 13.2. The van der Waals surface area contributed by atoms with Gasteiger partial charge in [-0.2, -0.15) is 0 Å². The lowest BCUT2D eigenvalue weighted by atomic mass is 9.91. The molecule has 0 aromatic heterocycles. The van der Waals surface area contributed by atoms with Crippen molar-refractivity contribution >= 4 is 12.0 Å². The number of benzene rings is 2. The maximum atomic E-state index is 13.2. The van der Waals surface area contributed by atoms with Gasteiger partial charge in [-0.3, -0.25) is 9.69 Å². The van der Waals surface area contributed by atoms with Crippen LogP contribution in [0.15, 0.2) is 60.7 Å². The minimum absolute atomic E-state index is 0.0419. The molecule has 0 radical (unpaired) electrons. The SMILES string of the molecule is CC(C)(C)OC(=O)N([C@@H](COCc1ccccc1)C(N)=O)C(C)(C)c1ccccc1. The van der Waals surface area contributed by atoms with Crippen LogP contribution in [-0.4, -0.2) is 35.2 Å². The minimum Gasteiger partial charge on any atom is -0.444 e. The summed E-state index contributed by atoms with van der Waals surface area (Å²) in [5, 5.41) is 0. The van der Waals surface area contributed by atoms with Crippen molar-refractivity contribution in [1.82, 2.24) is 4.90 Å². The van der Waals surface area contributed by atoms with Gasteiger partial charge in [0.1, 0.15) is 11.6 Å². The van der Waals surface area contributed by atoms with E-state index in [1.807, 2.05) is 74.5 Å². The monoisotopic (exact) mass is 412 g/mol. The zero-order chi connectivity index (χ0) is 22.4. The molecule has 2 rings (SSSR count). The molecule has 6 heteroatoms. The number of amides is 2. The van der Waals surface area contributed by atoms with Crippen molar-refractivity contribution < 1.29 is 19.1 Å². The Morgan fingerprint density at radius 1 is 0.933 bits per heavy atom. The summed E-state index contributed by atoms with van der Waals surface area (Å²) in [5.41, 5.74) is 5.95. The number of carbonyl (C=O) groups excluding carboxylic acids is 2. The molecule has 6 nitrogen and oxygen atoms in total. The Morgan fingerprint density at radius 2 is 1.47 bits per heavy atom. The first-order valence-electron chi connectivity index (χ1n) is 10.0. The molecule has 2 aromatic rings. The highest BCUT2D eigenvalue weighted by Crippen LogP contribution is 2.31. The van der Waals surface area contributed by atoms with E-state index in [1.165, 1.54) is 4.90 Å². The average Bonchev–Trinajstić information content (AvgIpc) is 2.67. The van der Waals surface area contributed by atoms with E-state index in [9.17, 15) is 9.59 Å². The van der Waals surface area contributed by atoms with E-state index < -0.39 is 29.2 Å². The molecule has 0 aliphatic heterocycles. The van der Waals surface area contributed by atoms with Crippen LogP contribution in [0.1, 0.15) is 45.7 Å². The van der Waals surface area contributed by atoms with Gasteiger partial charge in [0.2, 0.25) is 5.91 Å². The van der Waals surface area contributed by atoms with E-state index in [-0.39, 0.29) is 6.61 Å². The average molecular weight is 413 g/mol. The molecule has 1 atom stereocenters. The van der Waals surface area contributed by atoms with Gasteiger partial charge in [-0.15, -0.1) is 0 Å². The number of primary amides is 1. The molecule has 0 fully saturated rings. The number of nitrogens with zero attached hydrogens (tertiary/aromatic N) is 1. The van der Waals surface area contributed by atoms with E-state index in [4.69, 9.17) is 15.2 Å². The van der Waals surface area contributed by atoms with Crippen LogP contribution in [0.5, 0.6) is 0 Å². The zero-order valence-corrected chi connectivity index (χ0v) is 18.4. The molecular weight excluding hydrogens is 380 g/mol. The molecule has 0 bridgehead atoms. The van der Waals surface area contributed by atoms with Crippen LogP contribution in [0.25, 0.3) is 0 Å². The van der Waals surface area contributed by atoms with E-state index in [0.717, 1.165) is 11.1 Å². The Balaban J connectivity index is 2.33. The Bertz CT molecular complexity index is 829. The lowest BCUT2D eigenvalue weighted by Crippen LogP contribution is -2.58. The molecule has 0 unspecified atom stereocenters. The Morgan fingerprint density at radius 3 is 1.97 bits per heavy atom. The fraction of sp³-hybridized carbons (Fsp3) is 0.417. The molecule has 2 N–H and O–H groups in total. The third kappa shape index (κ3) is 6.32. The molecule has 0 heterocycles. The van der Waals surface area contributed by atoms with Gasteiger partial charge in [-0.1, -0.05) is 60.7 Å². The number of hydrogen-bond acceptors (Lipinski definition) is 4. The van der Waals surface area contributed by atoms with Gasteiger partial charge in [-0.25, -0.2) is 4.79 Å². The molecule has 0 saturated heterocycles. The van der Waals surface area contributed by atoms with Crippen molar-refractivity contribution in [2.24, 2.45) is 5.73 Å². The maximum Gasteiger partial charge on any atom is 0.411 e. The van der Waals surface area contributed by atoms with Gasteiger partial charge in [-0.05, 0) is 45.7 Å². The van der Waals surface area contributed by atoms with Gasteiger partial charge in [0.15, 0.2) is 0 Å². The van der Waals surface area contributed by atoms with Crippen molar-refractivity contribution in [2.75, 3.05) is 6.61 Å². The highest BCUT2D eigenvalue weighted by atomic mass is 16.6. The van der Waals surface area contributed by atoms with Gasteiger partial charge < -0.3 is 15.2 Å². The van der Waals surface area contributed by atoms with E-state index in [0.29, 0.717) is 6.61 Å². The summed E-state index contributed by atoms with van der Waals surface area (Å²) in [6, 6.07) is 18.1. The number of hydrogen-bond donors (Lipinski definition) is 1. The smallest absolute Gasteiger partial charge is 0.411 e. The van der Waals surface area contributed by atoms with E-state index >= 15 is 0 Å². The second-order valence-electron chi connectivity index (χ2n) is 8.69. The Hall–Kier alpha value is -2.86. The molecule has 162 valence electrons. The predicted octanol–water partition coefficient (Wildman–Crippen LogP) is 4.23. The van der Waals surface area contributed by atoms with Gasteiger partial charge >= 0.3 is 6.09 Å². The van der Waals surface area contributed by atoms with E-state index in [1.54, 1.807) is 20.8 Å². The second-order valence-corrected chi connectivity index (χ2v) is 8.69. The first-order chi connectivity index (χ1) is 14.0. The third-order valence-electron chi connectivity index (χ3n) is 4.70. The highest BCUT2D eigenvalue weighted by Gasteiger charge is 2.42. The van der Waals surface area contributed by atoms with Crippen LogP contribution in [0.4, 0.5) is 4.79 Å². The van der Waals surface area contributed by atoms with Crippen LogP contribution in [0.3, 0.4) is 0 Å². The van der Waals surface area contributed by atoms with Crippen LogP contribution in [0, 0.1) is 0 Å². The Labute approximate surface area is 179 Å². The quantitative estimate of drug-likeness (QED) is 0.703. The molecule has 0 aliphatic rings. The largest absolute Gasteiger partial charge is 0.444 e. The standard InChI is InChI=1S/C24H32N2O4/c1-23(2,3)30-22(28)26(24(4,5)19-14-10-7-11-15-19)20(21(25)27)17-29-16-18-12-8-6-9-13-18/h6-15,20H,16-17H2,1-5H3,(H2,25,27)/t20-/m0/s1. The fourth-order valence-electron chi connectivity index (χ4n) is 3.19. The normalized spacial score (nSPS) is 12.8. The molecule has 30 heavy (non-hydrogen) atoms. The predicted molar refractivity (Wildman–Crippen MR) is 117 cm³/mol. The molecule has 0 spiro atoms. The van der Waals surface area contributed by atoms with Crippen LogP contribution in [-0.2, 0) is 26.4 Å². The Kier molecular flexibility index (Phi) is 7.62. The van der Waals surface area contributed by atoms with Crippen molar-refractivity contribution in [1.29, 1.82) is 0 Å². The summed E-state index contributed by atoms with van der Waals surface area (Å²) in [4.78, 5) is 27.0. The molecule has 2 amide bonds. The summed E-state index contributed by atoms with van der Waals surface area (Å²) in [6.07, 6.45) is -0.622. The van der Waals surface area contributed by atoms with Crippen molar-refractivity contribution in [3.8, 4) is 0 Å². The topological polar surface area (TPSA) is 81.9 Å². The second kappa shape index (κ2) is 9.76. The summed E-state index contributed by atoms with van der Waals surface area (Å²) in [7, 11) is 0. The van der Waals surface area contributed by atoms with Crippen LogP contribution >= 0.6 is 0 Å².